The summed E-state index contributed by atoms with van der Waals surface area (Å²) in [6.07, 6.45) is 0. The zero-order valence-electron chi connectivity index (χ0n) is 10.1. The molecule has 0 aliphatic carbocycles. The van der Waals surface area contributed by atoms with E-state index in [1.54, 1.807) is 32.9 Å². The van der Waals surface area contributed by atoms with Gasteiger partial charge in [0.15, 0.2) is 0 Å². The van der Waals surface area contributed by atoms with Crippen LogP contribution in [0.4, 0.5) is 0 Å². The summed E-state index contributed by atoms with van der Waals surface area (Å²) in [5.74, 6) is -0.220. The lowest BCUT2D eigenvalue weighted by atomic mass is 10.0. The molecule has 0 saturated carbocycles. The molecule has 0 aromatic heterocycles. The Kier molecular flexibility index (Phi) is 3.72. The molecule has 5 heteroatoms. The summed E-state index contributed by atoms with van der Waals surface area (Å²) >= 11 is 4.87. The van der Waals surface area contributed by atoms with Gasteiger partial charge in [0, 0.05) is 11.1 Å². The van der Waals surface area contributed by atoms with Gasteiger partial charge in [0.2, 0.25) is 0 Å². The van der Waals surface area contributed by atoms with Gasteiger partial charge in [-0.1, -0.05) is 18.3 Å². The van der Waals surface area contributed by atoms with Crippen LogP contribution in [-0.4, -0.2) is 21.5 Å². The molecule has 92 valence electrons. The van der Waals surface area contributed by atoms with E-state index in [4.69, 9.17) is 18.0 Å². The maximum Gasteiger partial charge on any atom is 0.252 e. The fourth-order valence-electron chi connectivity index (χ4n) is 1.28. The summed E-state index contributed by atoms with van der Waals surface area (Å²) in [7, 11) is 0. The molecule has 0 atom stereocenters. The number of hydrogen-bond donors (Lipinski definition) is 3. The molecule has 17 heavy (non-hydrogen) atoms. The summed E-state index contributed by atoms with van der Waals surface area (Å²) in [4.78, 5) is 12.2. The molecule has 0 bridgehead atoms. The predicted molar refractivity (Wildman–Crippen MR) is 71.2 cm³/mol. The maximum absolute atomic E-state index is 12.0. The second kappa shape index (κ2) is 4.71. The van der Waals surface area contributed by atoms with E-state index in [9.17, 15) is 9.90 Å². The van der Waals surface area contributed by atoms with E-state index in [1.807, 2.05) is 0 Å². The first-order valence-electron chi connectivity index (χ1n) is 5.16. The highest BCUT2D eigenvalue weighted by Gasteiger charge is 2.25. The number of thiocarbonyl (C=S) groups is 1. The summed E-state index contributed by atoms with van der Waals surface area (Å²) < 4.78 is 0. The van der Waals surface area contributed by atoms with Gasteiger partial charge in [-0.25, -0.2) is 0 Å². The van der Waals surface area contributed by atoms with Gasteiger partial charge in [-0.15, -0.1) is 0 Å². The number of benzene rings is 1. The van der Waals surface area contributed by atoms with Crippen molar-refractivity contribution in [3.05, 3.63) is 29.3 Å². The molecule has 0 fully saturated rings. The highest BCUT2D eigenvalue weighted by molar-refractivity contribution is 7.80. The highest BCUT2D eigenvalue weighted by Crippen LogP contribution is 2.20. The highest BCUT2D eigenvalue weighted by atomic mass is 32.1. The number of nitrogens with two attached hydrogens (primary N) is 1. The second-order valence-electron chi connectivity index (χ2n) is 4.39. The van der Waals surface area contributed by atoms with Crippen molar-refractivity contribution in [2.24, 2.45) is 5.73 Å². The quantitative estimate of drug-likeness (QED) is 0.713. The van der Waals surface area contributed by atoms with Gasteiger partial charge in [0.05, 0.1) is 10.5 Å². The van der Waals surface area contributed by atoms with Crippen molar-refractivity contribution in [1.82, 2.24) is 5.32 Å². The number of phenolic OH excluding ortho intramolecular Hbond substituents is 1. The fraction of sp³-hybridized carbons (Fsp3) is 0.333. The van der Waals surface area contributed by atoms with Gasteiger partial charge < -0.3 is 16.2 Å². The minimum Gasteiger partial charge on any atom is -0.508 e. The van der Waals surface area contributed by atoms with Crippen molar-refractivity contribution < 1.29 is 9.90 Å². The Labute approximate surface area is 106 Å². The van der Waals surface area contributed by atoms with Crippen LogP contribution in [0.2, 0.25) is 0 Å². The first kappa shape index (κ1) is 13.4. The Hall–Kier alpha value is -1.62. The molecule has 0 unspecified atom stereocenters. The number of amides is 1. The molecule has 0 aliphatic heterocycles. The Bertz CT molecular complexity index is 470. The molecule has 0 spiro atoms. The van der Waals surface area contributed by atoms with E-state index in [0.717, 1.165) is 0 Å². The minimum absolute atomic E-state index is 0.0887. The SMILES string of the molecule is Cc1c(O)cccc1C(=O)NC(C)(C)C(N)=S. The van der Waals surface area contributed by atoms with Crippen LogP contribution in [0.3, 0.4) is 0 Å². The molecular weight excluding hydrogens is 236 g/mol. The van der Waals surface area contributed by atoms with Crippen LogP contribution >= 0.6 is 12.2 Å². The number of hydrogen-bond acceptors (Lipinski definition) is 3. The van der Waals surface area contributed by atoms with Crippen LogP contribution in [0.15, 0.2) is 18.2 Å². The lowest BCUT2D eigenvalue weighted by Crippen LogP contribution is -2.52. The molecule has 0 heterocycles. The number of rotatable bonds is 3. The monoisotopic (exact) mass is 252 g/mol. The molecule has 4 N–H and O–H groups in total. The molecular formula is C12H16N2O2S. The van der Waals surface area contributed by atoms with Crippen molar-refractivity contribution in [1.29, 1.82) is 0 Å². The molecule has 0 saturated heterocycles. The summed E-state index contributed by atoms with van der Waals surface area (Å²) in [5, 5.41) is 12.2. The Balaban J connectivity index is 2.99. The topological polar surface area (TPSA) is 75.3 Å². The summed E-state index contributed by atoms with van der Waals surface area (Å²) in [6, 6.07) is 4.79. The molecule has 0 aliphatic rings. The second-order valence-corrected chi connectivity index (χ2v) is 4.83. The molecule has 1 amide bonds. The minimum atomic E-state index is -0.760. The van der Waals surface area contributed by atoms with Crippen LogP contribution in [-0.2, 0) is 0 Å². The maximum atomic E-state index is 12.0. The Morgan fingerprint density at radius 3 is 2.59 bits per heavy atom. The van der Waals surface area contributed by atoms with Gasteiger partial charge in [-0.3, -0.25) is 4.79 Å². The largest absolute Gasteiger partial charge is 0.508 e. The van der Waals surface area contributed by atoms with E-state index in [0.29, 0.717) is 11.1 Å². The zero-order valence-corrected chi connectivity index (χ0v) is 10.9. The lowest BCUT2D eigenvalue weighted by molar-refractivity contribution is 0.0931. The number of aromatic hydroxyl groups is 1. The molecule has 4 nitrogen and oxygen atoms in total. The molecule has 1 aromatic rings. The van der Waals surface area contributed by atoms with Crippen molar-refractivity contribution in [3.8, 4) is 5.75 Å². The first-order chi connectivity index (χ1) is 7.75. The fourth-order valence-corrected chi connectivity index (χ4v) is 1.33. The number of nitrogens with one attached hydrogen (secondary N) is 1. The van der Waals surface area contributed by atoms with E-state index < -0.39 is 5.54 Å². The zero-order chi connectivity index (χ0) is 13.2. The summed E-state index contributed by atoms with van der Waals surface area (Å²) in [5.41, 5.74) is 5.71. The average Bonchev–Trinajstić information content (AvgIpc) is 2.21. The predicted octanol–water partition coefficient (Wildman–Crippen LogP) is 1.50. The average molecular weight is 252 g/mol. The van der Waals surface area contributed by atoms with Gasteiger partial charge in [-0.05, 0) is 32.9 Å². The van der Waals surface area contributed by atoms with E-state index in [2.05, 4.69) is 5.32 Å². The Morgan fingerprint density at radius 2 is 2.06 bits per heavy atom. The number of carbonyl (C=O) groups is 1. The van der Waals surface area contributed by atoms with Crippen LogP contribution in [0.25, 0.3) is 0 Å². The normalized spacial score (nSPS) is 11.0. The van der Waals surface area contributed by atoms with Crippen molar-refractivity contribution in [2.75, 3.05) is 0 Å². The van der Waals surface area contributed by atoms with Crippen LogP contribution in [0, 0.1) is 6.92 Å². The number of carbonyl (C=O) groups excluding carboxylic acids is 1. The van der Waals surface area contributed by atoms with E-state index in [-0.39, 0.29) is 16.6 Å². The van der Waals surface area contributed by atoms with Crippen molar-refractivity contribution in [2.45, 2.75) is 26.3 Å². The van der Waals surface area contributed by atoms with Crippen LogP contribution < -0.4 is 11.1 Å². The first-order valence-corrected chi connectivity index (χ1v) is 5.57. The third-order valence-corrected chi connectivity index (χ3v) is 3.10. The van der Waals surface area contributed by atoms with Gasteiger partial charge in [0.1, 0.15) is 5.75 Å². The standard InChI is InChI=1S/C12H16N2O2S/c1-7-8(5-4-6-9(7)15)10(16)14-12(2,3)11(13)17/h4-6,15H,1-3H3,(H2,13,17)(H,14,16). The lowest BCUT2D eigenvalue weighted by Gasteiger charge is -2.25. The molecule has 1 aromatic carbocycles. The van der Waals surface area contributed by atoms with Gasteiger partial charge in [0.25, 0.3) is 5.91 Å². The van der Waals surface area contributed by atoms with Crippen molar-refractivity contribution >= 4 is 23.1 Å². The third kappa shape index (κ3) is 2.94. The van der Waals surface area contributed by atoms with Gasteiger partial charge >= 0.3 is 0 Å². The third-order valence-electron chi connectivity index (χ3n) is 2.59. The molecule has 0 radical (unpaired) electrons. The smallest absolute Gasteiger partial charge is 0.252 e. The van der Waals surface area contributed by atoms with Gasteiger partial charge in [-0.2, -0.15) is 0 Å². The van der Waals surface area contributed by atoms with Crippen LogP contribution in [0.5, 0.6) is 5.75 Å². The summed E-state index contributed by atoms with van der Waals surface area (Å²) in [6.45, 7) is 5.13. The van der Waals surface area contributed by atoms with E-state index >= 15 is 0 Å². The molecule has 1 rings (SSSR count). The Morgan fingerprint density at radius 1 is 1.47 bits per heavy atom. The number of phenols is 1. The van der Waals surface area contributed by atoms with Crippen LogP contribution in [0.1, 0.15) is 29.8 Å². The van der Waals surface area contributed by atoms with E-state index in [1.165, 1.54) is 6.07 Å². The van der Waals surface area contributed by atoms with Crippen molar-refractivity contribution in [3.63, 3.8) is 0 Å².